The number of ether oxygens (including phenoxy) is 1. The van der Waals surface area contributed by atoms with Gasteiger partial charge < -0.3 is 4.74 Å². The molecule has 0 aliphatic heterocycles. The summed E-state index contributed by atoms with van der Waals surface area (Å²) >= 11 is 0. The van der Waals surface area contributed by atoms with Gasteiger partial charge in [0.15, 0.2) is 5.78 Å². The fourth-order valence-corrected chi connectivity index (χ4v) is 2.12. The molecule has 1 aliphatic rings. The first-order chi connectivity index (χ1) is 7.79. The van der Waals surface area contributed by atoms with Crippen molar-refractivity contribution in [2.75, 3.05) is 7.11 Å². The van der Waals surface area contributed by atoms with Crippen LogP contribution in [0.5, 0.6) is 0 Å². The largest absolute Gasteiger partial charge is 0.501 e. The third kappa shape index (κ3) is 2.51. The molecular formula is C14H16O2. The van der Waals surface area contributed by atoms with Crippen LogP contribution in [0.2, 0.25) is 0 Å². The highest BCUT2D eigenvalue weighted by atomic mass is 16.5. The zero-order chi connectivity index (χ0) is 11.4. The van der Waals surface area contributed by atoms with E-state index in [0.717, 1.165) is 18.6 Å². The van der Waals surface area contributed by atoms with Crippen molar-refractivity contribution in [3.8, 4) is 0 Å². The first kappa shape index (κ1) is 10.9. The zero-order valence-electron chi connectivity index (χ0n) is 9.48. The van der Waals surface area contributed by atoms with Crippen molar-refractivity contribution < 1.29 is 9.53 Å². The number of hydrogen-bond donors (Lipinski definition) is 0. The van der Waals surface area contributed by atoms with Crippen LogP contribution in [0.4, 0.5) is 0 Å². The maximum absolute atomic E-state index is 11.5. The summed E-state index contributed by atoms with van der Waals surface area (Å²) in [6.45, 7) is 0. The molecule has 2 rings (SSSR count). The molecule has 0 saturated heterocycles. The molecule has 1 atom stereocenters. The van der Waals surface area contributed by atoms with Gasteiger partial charge in [0, 0.05) is 18.9 Å². The molecule has 0 aromatic heterocycles. The zero-order valence-corrected chi connectivity index (χ0v) is 9.48. The highest BCUT2D eigenvalue weighted by Crippen LogP contribution is 2.30. The average molecular weight is 216 g/mol. The summed E-state index contributed by atoms with van der Waals surface area (Å²) in [5.74, 6) is 1.38. The first-order valence-corrected chi connectivity index (χ1v) is 5.62. The molecule has 16 heavy (non-hydrogen) atoms. The third-order valence-corrected chi connectivity index (χ3v) is 3.04. The lowest BCUT2D eigenvalue weighted by Crippen LogP contribution is -2.00. The maximum Gasteiger partial charge on any atom is 0.159 e. The SMILES string of the molecule is COC1=CC(=O)CCC(c2ccccc2)C1. The lowest BCUT2D eigenvalue weighted by Gasteiger charge is -2.15. The molecule has 1 aliphatic carbocycles. The van der Waals surface area contributed by atoms with Crippen molar-refractivity contribution in [2.24, 2.45) is 0 Å². The Morgan fingerprint density at radius 3 is 2.69 bits per heavy atom. The summed E-state index contributed by atoms with van der Waals surface area (Å²) in [5.41, 5.74) is 1.29. The molecule has 1 aromatic rings. The monoisotopic (exact) mass is 216 g/mol. The Balaban J connectivity index is 2.19. The number of carbonyl (C=O) groups is 1. The summed E-state index contributed by atoms with van der Waals surface area (Å²) in [4.78, 5) is 11.5. The van der Waals surface area contributed by atoms with E-state index in [2.05, 4.69) is 12.1 Å². The summed E-state index contributed by atoms with van der Waals surface area (Å²) in [5, 5.41) is 0. The van der Waals surface area contributed by atoms with Crippen molar-refractivity contribution >= 4 is 5.78 Å². The van der Waals surface area contributed by atoms with Gasteiger partial charge >= 0.3 is 0 Å². The number of benzene rings is 1. The average Bonchev–Trinajstić information content (AvgIpc) is 2.52. The fraction of sp³-hybridized carbons (Fsp3) is 0.357. The first-order valence-electron chi connectivity index (χ1n) is 5.62. The molecule has 0 saturated carbocycles. The van der Waals surface area contributed by atoms with E-state index in [1.165, 1.54) is 5.56 Å². The van der Waals surface area contributed by atoms with Crippen molar-refractivity contribution in [3.05, 3.63) is 47.7 Å². The molecule has 0 N–H and O–H groups in total. The van der Waals surface area contributed by atoms with Gasteiger partial charge in [-0.05, 0) is 17.9 Å². The van der Waals surface area contributed by atoms with Gasteiger partial charge in [-0.1, -0.05) is 30.3 Å². The number of hydrogen-bond acceptors (Lipinski definition) is 2. The number of carbonyl (C=O) groups excluding carboxylic acids is 1. The molecule has 0 bridgehead atoms. The molecule has 2 nitrogen and oxygen atoms in total. The van der Waals surface area contributed by atoms with Crippen LogP contribution < -0.4 is 0 Å². The van der Waals surface area contributed by atoms with Crippen LogP contribution in [0.3, 0.4) is 0 Å². The van der Waals surface area contributed by atoms with Crippen molar-refractivity contribution in [2.45, 2.75) is 25.2 Å². The molecule has 0 fully saturated rings. The lowest BCUT2D eigenvalue weighted by molar-refractivity contribution is -0.114. The number of rotatable bonds is 2. The predicted molar refractivity (Wildman–Crippen MR) is 63.1 cm³/mol. The van der Waals surface area contributed by atoms with E-state index in [1.54, 1.807) is 13.2 Å². The fourth-order valence-electron chi connectivity index (χ4n) is 2.12. The second-order valence-corrected chi connectivity index (χ2v) is 4.13. The molecule has 0 amide bonds. The van der Waals surface area contributed by atoms with Gasteiger partial charge in [-0.15, -0.1) is 0 Å². The number of ketones is 1. The second kappa shape index (κ2) is 4.97. The normalized spacial score (nSPS) is 21.2. The van der Waals surface area contributed by atoms with Crippen LogP contribution in [-0.4, -0.2) is 12.9 Å². The minimum absolute atomic E-state index is 0.176. The molecule has 1 unspecified atom stereocenters. The summed E-state index contributed by atoms with van der Waals surface area (Å²) < 4.78 is 5.23. The number of allylic oxidation sites excluding steroid dienone is 2. The molecule has 84 valence electrons. The molecule has 0 spiro atoms. The Morgan fingerprint density at radius 1 is 1.25 bits per heavy atom. The Bertz CT molecular complexity index is 392. The summed E-state index contributed by atoms with van der Waals surface area (Å²) in [6.07, 6.45) is 3.99. The van der Waals surface area contributed by atoms with Crippen LogP contribution in [0.15, 0.2) is 42.2 Å². The maximum atomic E-state index is 11.5. The van der Waals surface area contributed by atoms with Crippen LogP contribution in [0.25, 0.3) is 0 Å². The molecule has 0 heterocycles. The number of methoxy groups -OCH3 is 1. The highest BCUT2D eigenvalue weighted by molar-refractivity contribution is 5.90. The lowest BCUT2D eigenvalue weighted by atomic mass is 9.92. The minimum Gasteiger partial charge on any atom is -0.501 e. The van der Waals surface area contributed by atoms with E-state index in [9.17, 15) is 4.79 Å². The van der Waals surface area contributed by atoms with Crippen molar-refractivity contribution in [1.29, 1.82) is 0 Å². The Labute approximate surface area is 95.9 Å². The van der Waals surface area contributed by atoms with Gasteiger partial charge in [-0.2, -0.15) is 0 Å². The van der Waals surface area contributed by atoms with Crippen LogP contribution in [-0.2, 0) is 9.53 Å². The topological polar surface area (TPSA) is 26.3 Å². The van der Waals surface area contributed by atoms with Crippen LogP contribution in [0.1, 0.15) is 30.7 Å². The summed E-state index contributed by atoms with van der Waals surface area (Å²) in [6, 6.07) is 10.3. The van der Waals surface area contributed by atoms with E-state index >= 15 is 0 Å². The van der Waals surface area contributed by atoms with E-state index in [-0.39, 0.29) is 5.78 Å². The van der Waals surface area contributed by atoms with E-state index in [0.29, 0.717) is 12.3 Å². The van der Waals surface area contributed by atoms with Gasteiger partial charge in [0.05, 0.1) is 12.9 Å². The highest BCUT2D eigenvalue weighted by Gasteiger charge is 2.19. The van der Waals surface area contributed by atoms with Gasteiger partial charge in [0.2, 0.25) is 0 Å². The quantitative estimate of drug-likeness (QED) is 0.759. The van der Waals surface area contributed by atoms with Crippen LogP contribution in [0, 0.1) is 0 Å². The Morgan fingerprint density at radius 2 is 2.00 bits per heavy atom. The second-order valence-electron chi connectivity index (χ2n) is 4.13. The van der Waals surface area contributed by atoms with Crippen LogP contribution >= 0.6 is 0 Å². The van der Waals surface area contributed by atoms with Gasteiger partial charge in [0.25, 0.3) is 0 Å². The molecule has 2 heteroatoms. The van der Waals surface area contributed by atoms with Crippen molar-refractivity contribution in [1.82, 2.24) is 0 Å². The van der Waals surface area contributed by atoms with Gasteiger partial charge in [0.1, 0.15) is 0 Å². The van der Waals surface area contributed by atoms with Gasteiger partial charge in [-0.25, -0.2) is 0 Å². The standard InChI is InChI=1S/C14H16O2/c1-16-14-9-12(7-8-13(15)10-14)11-5-3-2-4-6-11/h2-6,10,12H,7-9H2,1H3. The van der Waals surface area contributed by atoms with E-state index in [1.807, 2.05) is 18.2 Å². The van der Waals surface area contributed by atoms with Crippen molar-refractivity contribution in [3.63, 3.8) is 0 Å². The minimum atomic E-state index is 0.176. The Kier molecular flexibility index (Phi) is 3.40. The summed E-state index contributed by atoms with van der Waals surface area (Å²) in [7, 11) is 1.63. The molecular weight excluding hydrogens is 200 g/mol. The molecule has 1 aromatic carbocycles. The van der Waals surface area contributed by atoms with E-state index < -0.39 is 0 Å². The Hall–Kier alpha value is -1.57. The molecule has 0 radical (unpaired) electrons. The van der Waals surface area contributed by atoms with E-state index in [4.69, 9.17) is 4.74 Å². The smallest absolute Gasteiger partial charge is 0.159 e. The predicted octanol–water partition coefficient (Wildman–Crippen LogP) is 3.05. The van der Waals surface area contributed by atoms with Gasteiger partial charge in [-0.3, -0.25) is 4.79 Å². The third-order valence-electron chi connectivity index (χ3n) is 3.04.